The van der Waals surface area contributed by atoms with Gasteiger partial charge in [-0.05, 0) is 48.0 Å². The van der Waals surface area contributed by atoms with Crippen molar-refractivity contribution in [2.45, 2.75) is 0 Å². The zero-order valence-electron chi connectivity index (χ0n) is 12.3. The predicted molar refractivity (Wildman–Crippen MR) is 94.0 cm³/mol. The fourth-order valence-corrected chi connectivity index (χ4v) is 2.66. The molecule has 24 heavy (non-hydrogen) atoms. The van der Waals surface area contributed by atoms with Crippen LogP contribution in [0.5, 0.6) is 5.75 Å². The summed E-state index contributed by atoms with van der Waals surface area (Å²) >= 11 is 6.01. The number of aromatic amines is 1. The Morgan fingerprint density at radius 1 is 1.21 bits per heavy atom. The van der Waals surface area contributed by atoms with Gasteiger partial charge in [0.25, 0.3) is 5.56 Å². The Kier molecular flexibility index (Phi) is 3.32. The van der Waals surface area contributed by atoms with Crippen LogP contribution >= 0.6 is 11.6 Å². The zero-order valence-corrected chi connectivity index (χ0v) is 13.0. The molecule has 0 atom stereocenters. The van der Waals surface area contributed by atoms with Crippen molar-refractivity contribution >= 4 is 39.8 Å². The minimum atomic E-state index is -0.303. The largest absolute Gasteiger partial charge is 0.508 e. The van der Waals surface area contributed by atoms with Crippen LogP contribution in [0.25, 0.3) is 21.9 Å². The van der Waals surface area contributed by atoms with Crippen LogP contribution in [0.1, 0.15) is 5.56 Å². The Morgan fingerprint density at radius 3 is 2.79 bits per heavy atom. The lowest BCUT2D eigenvalue weighted by Crippen LogP contribution is -2.17. The molecule has 0 fully saturated rings. The molecule has 4 aromatic rings. The molecule has 0 amide bonds. The van der Waals surface area contributed by atoms with Gasteiger partial charge < -0.3 is 10.1 Å². The van der Waals surface area contributed by atoms with Crippen molar-refractivity contribution in [2.24, 2.45) is 5.10 Å². The summed E-state index contributed by atoms with van der Waals surface area (Å²) in [4.78, 5) is 19.9. The highest BCUT2D eigenvalue weighted by atomic mass is 35.5. The Hall–Kier alpha value is -3.12. The predicted octanol–water partition coefficient (Wildman–Crippen LogP) is 3.12. The number of aromatic hydroxyl groups is 1. The SMILES string of the molecule is O=c1c2[nH]c3ccc(Cl)cc3c2ncn1/N=C/c1ccc(O)cc1. The van der Waals surface area contributed by atoms with Crippen LogP contribution < -0.4 is 5.56 Å². The smallest absolute Gasteiger partial charge is 0.298 e. The van der Waals surface area contributed by atoms with E-state index < -0.39 is 0 Å². The molecule has 0 spiro atoms. The lowest BCUT2D eigenvalue weighted by molar-refractivity contribution is 0.475. The lowest BCUT2D eigenvalue weighted by Gasteiger charge is -1.98. The lowest BCUT2D eigenvalue weighted by atomic mass is 10.2. The van der Waals surface area contributed by atoms with Gasteiger partial charge in [0.2, 0.25) is 0 Å². The first-order chi connectivity index (χ1) is 11.6. The number of hydrogen-bond acceptors (Lipinski definition) is 4. The van der Waals surface area contributed by atoms with Gasteiger partial charge in [0.15, 0.2) is 0 Å². The van der Waals surface area contributed by atoms with E-state index in [4.69, 9.17) is 11.6 Å². The number of aromatic nitrogens is 3. The van der Waals surface area contributed by atoms with E-state index in [1.54, 1.807) is 36.4 Å². The summed E-state index contributed by atoms with van der Waals surface area (Å²) in [6, 6.07) is 11.8. The van der Waals surface area contributed by atoms with Crippen LogP contribution in [0.15, 0.2) is 58.7 Å². The highest BCUT2D eigenvalue weighted by Gasteiger charge is 2.10. The van der Waals surface area contributed by atoms with E-state index in [0.717, 1.165) is 21.1 Å². The van der Waals surface area contributed by atoms with Crippen LogP contribution in [0, 0.1) is 0 Å². The summed E-state index contributed by atoms with van der Waals surface area (Å²) < 4.78 is 1.16. The first kappa shape index (κ1) is 14.5. The summed E-state index contributed by atoms with van der Waals surface area (Å²) in [5, 5.41) is 14.8. The summed E-state index contributed by atoms with van der Waals surface area (Å²) in [7, 11) is 0. The van der Waals surface area contributed by atoms with Crippen molar-refractivity contribution in [3.8, 4) is 5.75 Å². The molecule has 118 valence electrons. The Labute approximate surface area is 140 Å². The second-order valence-corrected chi connectivity index (χ2v) is 5.71. The molecule has 0 bridgehead atoms. The second-order valence-electron chi connectivity index (χ2n) is 5.27. The first-order valence-corrected chi connectivity index (χ1v) is 7.51. The monoisotopic (exact) mass is 338 g/mol. The third kappa shape index (κ3) is 2.43. The third-order valence-electron chi connectivity index (χ3n) is 3.68. The minimum absolute atomic E-state index is 0.170. The van der Waals surface area contributed by atoms with Crippen molar-refractivity contribution in [3.05, 3.63) is 69.7 Å². The zero-order chi connectivity index (χ0) is 16.7. The molecule has 4 rings (SSSR count). The number of hydrogen-bond donors (Lipinski definition) is 2. The number of nitrogens with zero attached hydrogens (tertiary/aromatic N) is 3. The molecule has 0 aliphatic heterocycles. The van der Waals surface area contributed by atoms with Gasteiger partial charge in [-0.1, -0.05) is 11.6 Å². The normalized spacial score (nSPS) is 11.7. The molecule has 0 aliphatic rings. The number of phenolic OH excluding ortho intramolecular Hbond substituents is 1. The van der Waals surface area contributed by atoms with Crippen molar-refractivity contribution in [1.82, 2.24) is 14.6 Å². The molecule has 0 radical (unpaired) electrons. The van der Waals surface area contributed by atoms with Crippen molar-refractivity contribution < 1.29 is 5.11 Å². The van der Waals surface area contributed by atoms with Crippen molar-refractivity contribution in [1.29, 1.82) is 0 Å². The summed E-state index contributed by atoms with van der Waals surface area (Å²) in [6.07, 6.45) is 2.89. The minimum Gasteiger partial charge on any atom is -0.508 e. The van der Waals surface area contributed by atoms with E-state index in [0.29, 0.717) is 16.1 Å². The highest BCUT2D eigenvalue weighted by molar-refractivity contribution is 6.31. The van der Waals surface area contributed by atoms with Gasteiger partial charge in [0.05, 0.1) is 6.21 Å². The van der Waals surface area contributed by atoms with Gasteiger partial charge >= 0.3 is 0 Å². The average molecular weight is 339 g/mol. The van der Waals surface area contributed by atoms with Crippen molar-refractivity contribution in [2.75, 3.05) is 0 Å². The third-order valence-corrected chi connectivity index (χ3v) is 3.91. The van der Waals surface area contributed by atoms with Crippen molar-refractivity contribution in [3.63, 3.8) is 0 Å². The van der Waals surface area contributed by atoms with Gasteiger partial charge in [-0.3, -0.25) is 4.79 Å². The fourth-order valence-electron chi connectivity index (χ4n) is 2.49. The van der Waals surface area contributed by atoms with Gasteiger partial charge in [-0.15, -0.1) is 0 Å². The summed E-state index contributed by atoms with van der Waals surface area (Å²) in [5.74, 6) is 0.170. The van der Waals surface area contributed by atoms with E-state index in [1.807, 2.05) is 6.07 Å². The van der Waals surface area contributed by atoms with E-state index in [1.165, 1.54) is 12.5 Å². The maximum absolute atomic E-state index is 12.6. The molecule has 2 heterocycles. The average Bonchev–Trinajstić information content (AvgIpc) is 2.95. The van der Waals surface area contributed by atoms with Crippen LogP contribution in [-0.2, 0) is 0 Å². The van der Waals surface area contributed by atoms with Gasteiger partial charge in [0.1, 0.15) is 23.1 Å². The maximum Gasteiger partial charge on any atom is 0.298 e. The molecule has 0 saturated carbocycles. The Morgan fingerprint density at radius 2 is 2.00 bits per heavy atom. The molecule has 2 N–H and O–H groups in total. The number of fused-ring (bicyclic) bond motifs is 3. The molecule has 0 saturated heterocycles. The second kappa shape index (κ2) is 5.50. The molecule has 2 aromatic carbocycles. The maximum atomic E-state index is 12.6. The molecule has 0 aliphatic carbocycles. The molecule has 7 heteroatoms. The van der Waals surface area contributed by atoms with Gasteiger partial charge in [0, 0.05) is 15.9 Å². The van der Waals surface area contributed by atoms with Gasteiger partial charge in [-0.2, -0.15) is 9.78 Å². The standard InChI is InChI=1S/C17H11ClN4O2/c18-11-3-6-14-13(7-11)15-16(21-14)17(24)22(9-19-15)20-8-10-1-4-12(23)5-2-10/h1-9,21,23H/b20-8+. The van der Waals surface area contributed by atoms with Gasteiger partial charge in [-0.25, -0.2) is 4.98 Å². The van der Waals surface area contributed by atoms with Crippen LogP contribution in [-0.4, -0.2) is 26.0 Å². The molecular weight excluding hydrogens is 328 g/mol. The van der Waals surface area contributed by atoms with E-state index >= 15 is 0 Å². The van der Waals surface area contributed by atoms with E-state index in [-0.39, 0.29) is 11.3 Å². The van der Waals surface area contributed by atoms with E-state index in [2.05, 4.69) is 15.1 Å². The Bertz CT molecular complexity index is 1140. The number of H-pyrrole nitrogens is 1. The Balaban J connectivity index is 1.82. The van der Waals surface area contributed by atoms with Crippen LogP contribution in [0.3, 0.4) is 0 Å². The number of rotatable bonds is 2. The quantitative estimate of drug-likeness (QED) is 0.551. The van der Waals surface area contributed by atoms with Crippen LogP contribution in [0.4, 0.5) is 0 Å². The molecular formula is C17H11ClN4O2. The van der Waals surface area contributed by atoms with Crippen LogP contribution in [0.2, 0.25) is 5.02 Å². The number of nitrogens with one attached hydrogen (secondary N) is 1. The molecule has 2 aromatic heterocycles. The number of benzene rings is 2. The fraction of sp³-hybridized carbons (Fsp3) is 0. The topological polar surface area (TPSA) is 83.3 Å². The number of phenols is 1. The summed E-state index contributed by atoms with van der Waals surface area (Å²) in [5.41, 5.74) is 2.18. The highest BCUT2D eigenvalue weighted by Crippen LogP contribution is 2.24. The number of halogens is 1. The molecule has 6 nitrogen and oxygen atoms in total. The first-order valence-electron chi connectivity index (χ1n) is 7.14. The van der Waals surface area contributed by atoms with E-state index in [9.17, 15) is 9.90 Å². The summed E-state index contributed by atoms with van der Waals surface area (Å²) in [6.45, 7) is 0. The molecule has 0 unspecified atom stereocenters.